The Morgan fingerprint density at radius 1 is 0.611 bits per heavy atom. The Balaban J connectivity index is 1.90. The molecule has 0 heteroatoms. The third-order valence-electron chi connectivity index (χ3n) is 5.85. The second-order valence-electron chi connectivity index (χ2n) is 6.57. The standard InChI is InChI=1S/C18H18/c1-9-15-11-3-5-13(7-11)17(15)10(2)18-14-6-4-12(8-14)16(9)18/h3-6,11-14H,7-8H2,1-2H3/t11-,12-,13-,14+/m0/s1. The number of hydrogen-bond donors (Lipinski definition) is 0. The van der Waals surface area contributed by atoms with Crippen molar-refractivity contribution in [3.63, 3.8) is 0 Å². The molecule has 18 heavy (non-hydrogen) atoms. The minimum absolute atomic E-state index is 0.733. The molecule has 5 rings (SSSR count). The van der Waals surface area contributed by atoms with E-state index in [4.69, 9.17) is 0 Å². The highest BCUT2D eigenvalue weighted by molar-refractivity contribution is 5.65. The van der Waals surface area contributed by atoms with Crippen LogP contribution in [0.1, 0.15) is 69.9 Å². The van der Waals surface area contributed by atoms with E-state index in [1.807, 2.05) is 0 Å². The molecule has 0 aromatic heterocycles. The van der Waals surface area contributed by atoms with Gasteiger partial charge >= 0.3 is 0 Å². The van der Waals surface area contributed by atoms with Crippen LogP contribution in [0, 0.1) is 13.8 Å². The molecule has 0 heterocycles. The molecule has 4 atom stereocenters. The maximum absolute atomic E-state index is 2.45. The second kappa shape index (κ2) is 2.82. The van der Waals surface area contributed by atoms with Crippen LogP contribution in [-0.2, 0) is 0 Å². The van der Waals surface area contributed by atoms with Crippen molar-refractivity contribution in [2.24, 2.45) is 0 Å². The zero-order chi connectivity index (χ0) is 12.0. The molecule has 0 saturated carbocycles. The molecular weight excluding hydrogens is 216 g/mol. The van der Waals surface area contributed by atoms with Crippen LogP contribution in [0.4, 0.5) is 0 Å². The molecule has 0 amide bonds. The van der Waals surface area contributed by atoms with Crippen LogP contribution >= 0.6 is 0 Å². The van der Waals surface area contributed by atoms with E-state index in [1.54, 1.807) is 33.4 Å². The summed E-state index contributed by atoms with van der Waals surface area (Å²) in [6, 6.07) is 0. The number of fused-ring (bicyclic) bond motifs is 10. The van der Waals surface area contributed by atoms with Gasteiger partial charge in [-0.2, -0.15) is 0 Å². The van der Waals surface area contributed by atoms with E-state index in [0.717, 1.165) is 23.7 Å². The summed E-state index contributed by atoms with van der Waals surface area (Å²) in [7, 11) is 0. The molecule has 4 aliphatic carbocycles. The molecule has 0 fully saturated rings. The monoisotopic (exact) mass is 234 g/mol. The largest absolute Gasteiger partial charge is 0.0803 e. The fraction of sp³-hybridized carbons (Fsp3) is 0.444. The first kappa shape index (κ1) is 9.61. The van der Waals surface area contributed by atoms with E-state index in [9.17, 15) is 0 Å². The van der Waals surface area contributed by atoms with Crippen LogP contribution < -0.4 is 0 Å². The maximum Gasteiger partial charge on any atom is 0.00327 e. The third-order valence-corrected chi connectivity index (χ3v) is 5.85. The lowest BCUT2D eigenvalue weighted by molar-refractivity contribution is 0.785. The van der Waals surface area contributed by atoms with Crippen molar-refractivity contribution in [2.75, 3.05) is 0 Å². The Kier molecular flexibility index (Phi) is 1.50. The number of hydrogen-bond acceptors (Lipinski definition) is 0. The third kappa shape index (κ3) is 0.858. The summed E-state index contributed by atoms with van der Waals surface area (Å²) >= 11 is 0. The molecule has 0 spiro atoms. The molecule has 0 saturated heterocycles. The van der Waals surface area contributed by atoms with Crippen LogP contribution in [0.3, 0.4) is 0 Å². The molecule has 0 unspecified atom stereocenters. The Labute approximate surface area is 108 Å². The minimum Gasteiger partial charge on any atom is -0.0803 e. The Bertz CT molecular complexity index is 538. The first-order valence-corrected chi connectivity index (χ1v) is 7.29. The van der Waals surface area contributed by atoms with Gasteiger partial charge in [0.1, 0.15) is 0 Å². The van der Waals surface area contributed by atoms with Crippen molar-refractivity contribution < 1.29 is 0 Å². The van der Waals surface area contributed by atoms with Crippen molar-refractivity contribution in [3.8, 4) is 0 Å². The highest BCUT2D eigenvalue weighted by Crippen LogP contribution is 2.58. The smallest absolute Gasteiger partial charge is 0.00327 e. The number of benzene rings is 1. The first-order valence-electron chi connectivity index (χ1n) is 7.29. The van der Waals surface area contributed by atoms with Gasteiger partial charge in [-0.15, -0.1) is 0 Å². The topological polar surface area (TPSA) is 0 Å². The molecule has 0 aliphatic heterocycles. The van der Waals surface area contributed by atoms with Crippen molar-refractivity contribution in [1.29, 1.82) is 0 Å². The first-order chi connectivity index (χ1) is 8.75. The van der Waals surface area contributed by atoms with Gasteiger partial charge in [0, 0.05) is 23.7 Å². The van der Waals surface area contributed by atoms with Crippen LogP contribution in [0.15, 0.2) is 24.3 Å². The lowest BCUT2D eigenvalue weighted by Gasteiger charge is -2.25. The van der Waals surface area contributed by atoms with E-state index in [0.29, 0.717) is 0 Å². The van der Waals surface area contributed by atoms with Crippen molar-refractivity contribution in [3.05, 3.63) is 57.7 Å². The van der Waals surface area contributed by atoms with Crippen molar-refractivity contribution in [1.82, 2.24) is 0 Å². The zero-order valence-corrected chi connectivity index (χ0v) is 11.0. The van der Waals surface area contributed by atoms with Crippen LogP contribution in [-0.4, -0.2) is 0 Å². The van der Waals surface area contributed by atoms with Crippen molar-refractivity contribution >= 4 is 0 Å². The van der Waals surface area contributed by atoms with Crippen molar-refractivity contribution in [2.45, 2.75) is 50.4 Å². The van der Waals surface area contributed by atoms with E-state index in [-0.39, 0.29) is 0 Å². The number of rotatable bonds is 0. The van der Waals surface area contributed by atoms with Gasteiger partial charge in [0.2, 0.25) is 0 Å². The van der Waals surface area contributed by atoms with Gasteiger partial charge in [0.05, 0.1) is 0 Å². The van der Waals surface area contributed by atoms with Gasteiger partial charge in [-0.05, 0) is 60.1 Å². The van der Waals surface area contributed by atoms with E-state index < -0.39 is 0 Å². The maximum atomic E-state index is 2.45. The summed E-state index contributed by atoms with van der Waals surface area (Å²) in [6.07, 6.45) is 12.5. The summed E-state index contributed by atoms with van der Waals surface area (Å²) in [5.74, 6) is 2.93. The van der Waals surface area contributed by atoms with Gasteiger partial charge in [0.15, 0.2) is 0 Å². The molecule has 0 N–H and O–H groups in total. The predicted molar refractivity (Wildman–Crippen MR) is 74.4 cm³/mol. The van der Waals surface area contributed by atoms with Gasteiger partial charge in [0.25, 0.3) is 0 Å². The van der Waals surface area contributed by atoms with E-state index in [2.05, 4.69) is 38.2 Å². The van der Waals surface area contributed by atoms with Gasteiger partial charge < -0.3 is 0 Å². The fourth-order valence-electron chi connectivity index (χ4n) is 5.26. The highest BCUT2D eigenvalue weighted by Gasteiger charge is 2.42. The Hall–Kier alpha value is -1.30. The summed E-state index contributed by atoms with van der Waals surface area (Å²) < 4.78 is 0. The summed E-state index contributed by atoms with van der Waals surface area (Å²) in [5, 5.41) is 0. The summed E-state index contributed by atoms with van der Waals surface area (Å²) in [5.41, 5.74) is 10.1. The molecule has 4 bridgehead atoms. The van der Waals surface area contributed by atoms with Crippen LogP contribution in [0.2, 0.25) is 0 Å². The average molecular weight is 234 g/mol. The SMILES string of the molecule is Cc1c2c(c(C)c3c1[C@H]1C=C[C@H]3C1)[C@H]1C=C[C@@H]2C1. The zero-order valence-electron chi connectivity index (χ0n) is 11.0. The Morgan fingerprint density at radius 3 is 1.17 bits per heavy atom. The van der Waals surface area contributed by atoms with Gasteiger partial charge in [-0.25, -0.2) is 0 Å². The van der Waals surface area contributed by atoms with Gasteiger partial charge in [-0.3, -0.25) is 0 Å². The average Bonchev–Trinajstić information content (AvgIpc) is 3.10. The predicted octanol–water partition coefficient (Wildman–Crippen LogP) is 4.58. The van der Waals surface area contributed by atoms with Crippen LogP contribution in [0.5, 0.6) is 0 Å². The van der Waals surface area contributed by atoms with Gasteiger partial charge in [-0.1, -0.05) is 24.3 Å². The van der Waals surface area contributed by atoms with E-state index >= 15 is 0 Å². The molecule has 4 aliphatic rings. The molecule has 90 valence electrons. The lowest BCUT2D eigenvalue weighted by Crippen LogP contribution is -2.08. The fourth-order valence-corrected chi connectivity index (χ4v) is 5.26. The molecule has 0 nitrogen and oxygen atoms in total. The molecule has 1 aromatic rings. The minimum atomic E-state index is 0.733. The second-order valence-corrected chi connectivity index (χ2v) is 6.57. The van der Waals surface area contributed by atoms with E-state index in [1.165, 1.54) is 12.8 Å². The quantitative estimate of drug-likeness (QED) is 0.576. The molecular formula is C18H18. The van der Waals surface area contributed by atoms with Crippen LogP contribution in [0.25, 0.3) is 0 Å². The highest BCUT2D eigenvalue weighted by atomic mass is 14.5. The molecule has 1 aromatic carbocycles. The molecule has 0 radical (unpaired) electrons. The lowest BCUT2D eigenvalue weighted by atomic mass is 9.80. The Morgan fingerprint density at radius 2 is 0.889 bits per heavy atom. The number of allylic oxidation sites excluding steroid dienone is 4. The summed E-state index contributed by atoms with van der Waals surface area (Å²) in [6.45, 7) is 4.78. The summed E-state index contributed by atoms with van der Waals surface area (Å²) in [4.78, 5) is 0. The normalized spacial score (nSPS) is 36.6.